The number of carbonyl (C=O) groups is 2. The Labute approximate surface area is 254 Å². The molecule has 10 nitrogen and oxygen atoms in total. The van der Waals surface area contributed by atoms with Gasteiger partial charge >= 0.3 is 0 Å². The van der Waals surface area contributed by atoms with Gasteiger partial charge in [-0.25, -0.2) is 8.42 Å². The number of carbonyl (C=O) groups excluding carboxylic acids is 2. The van der Waals surface area contributed by atoms with Crippen LogP contribution in [0, 0.1) is 10.1 Å². The summed E-state index contributed by atoms with van der Waals surface area (Å²) in [4.78, 5) is 39.6. The summed E-state index contributed by atoms with van der Waals surface area (Å²) < 4.78 is 28.7. The second-order valence-electron chi connectivity index (χ2n) is 9.57. The Morgan fingerprint density at radius 2 is 1.51 bits per heavy atom. The molecule has 0 fully saturated rings. The highest BCUT2D eigenvalue weighted by atomic mass is 35.5. The molecule has 1 atom stereocenters. The number of sulfonamides is 1. The van der Waals surface area contributed by atoms with Crippen LogP contribution in [0.2, 0.25) is 5.02 Å². The van der Waals surface area contributed by atoms with Crippen molar-refractivity contribution in [3.8, 4) is 0 Å². The van der Waals surface area contributed by atoms with Crippen molar-refractivity contribution in [2.45, 2.75) is 23.9 Å². The van der Waals surface area contributed by atoms with E-state index in [1.54, 1.807) is 30.3 Å². The number of nitro benzene ring substituents is 1. The summed E-state index contributed by atoms with van der Waals surface area (Å²) in [6.45, 7) is -0.792. The van der Waals surface area contributed by atoms with E-state index < -0.39 is 39.3 Å². The third kappa shape index (κ3) is 7.76. The van der Waals surface area contributed by atoms with Crippen LogP contribution in [-0.4, -0.2) is 49.7 Å². The highest BCUT2D eigenvalue weighted by Crippen LogP contribution is 2.28. The maximum atomic E-state index is 14.2. The van der Waals surface area contributed by atoms with Gasteiger partial charge in [-0.2, -0.15) is 0 Å². The first-order valence-electron chi connectivity index (χ1n) is 13.2. The lowest BCUT2D eigenvalue weighted by atomic mass is 10.0. The molecule has 4 aromatic rings. The van der Waals surface area contributed by atoms with Gasteiger partial charge < -0.3 is 10.2 Å². The number of nitro groups is 1. The molecule has 2 amide bonds. The van der Waals surface area contributed by atoms with Crippen molar-refractivity contribution in [2.24, 2.45) is 0 Å². The van der Waals surface area contributed by atoms with Crippen molar-refractivity contribution in [1.29, 1.82) is 0 Å². The molecule has 0 saturated carbocycles. The molecule has 0 aromatic heterocycles. The summed E-state index contributed by atoms with van der Waals surface area (Å²) in [5, 5.41) is 14.6. The number of amides is 2. The van der Waals surface area contributed by atoms with Gasteiger partial charge in [0.05, 0.1) is 15.5 Å². The van der Waals surface area contributed by atoms with Gasteiger partial charge in [-0.3, -0.25) is 24.0 Å². The van der Waals surface area contributed by atoms with E-state index >= 15 is 0 Å². The minimum absolute atomic E-state index is 0.0571. The van der Waals surface area contributed by atoms with Crippen LogP contribution in [0.25, 0.3) is 0 Å². The number of hydrogen-bond acceptors (Lipinski definition) is 6. The van der Waals surface area contributed by atoms with Crippen LogP contribution < -0.4 is 9.62 Å². The molecule has 1 N–H and O–H groups in total. The van der Waals surface area contributed by atoms with Crippen LogP contribution in [0.1, 0.15) is 11.1 Å². The zero-order valence-corrected chi connectivity index (χ0v) is 24.7. The Kier molecular flexibility index (Phi) is 10.1. The number of hydrogen-bond donors (Lipinski definition) is 1. The molecule has 1 unspecified atom stereocenters. The first-order chi connectivity index (χ1) is 20.6. The molecule has 0 aliphatic heterocycles. The van der Waals surface area contributed by atoms with E-state index in [-0.39, 0.29) is 29.2 Å². The van der Waals surface area contributed by atoms with Crippen LogP contribution in [-0.2, 0) is 32.6 Å². The summed E-state index contributed by atoms with van der Waals surface area (Å²) in [5.74, 6) is -1.15. The second kappa shape index (κ2) is 14.0. The van der Waals surface area contributed by atoms with E-state index in [1.807, 2.05) is 30.3 Å². The standard InChI is InChI=1S/C31H29ClN4O6S/c1-33-31(38)29(19-23-10-4-2-5-11-23)34(21-24-12-8-13-25(32)18-24)30(37)22-35(26-14-9-15-27(20-26)36(39)40)43(41,42)28-16-6-3-7-17-28/h2-18,20,29H,19,21-22H2,1H3,(H,33,38). The quantitative estimate of drug-likeness (QED) is 0.178. The first-order valence-corrected chi connectivity index (χ1v) is 15.0. The Morgan fingerprint density at radius 1 is 0.884 bits per heavy atom. The monoisotopic (exact) mass is 620 g/mol. The largest absolute Gasteiger partial charge is 0.357 e. The Hall–Kier alpha value is -4.74. The van der Waals surface area contributed by atoms with Crippen molar-refractivity contribution >= 4 is 44.8 Å². The van der Waals surface area contributed by atoms with Gasteiger partial charge in [0, 0.05) is 37.2 Å². The summed E-state index contributed by atoms with van der Waals surface area (Å²) in [7, 11) is -2.92. The maximum Gasteiger partial charge on any atom is 0.271 e. The van der Waals surface area contributed by atoms with Crippen LogP contribution in [0.5, 0.6) is 0 Å². The predicted molar refractivity (Wildman–Crippen MR) is 164 cm³/mol. The number of likely N-dealkylation sites (N-methyl/N-ethyl adjacent to an activating group) is 1. The van der Waals surface area contributed by atoms with Gasteiger partial charge in [-0.15, -0.1) is 0 Å². The van der Waals surface area contributed by atoms with Gasteiger partial charge in [0.25, 0.3) is 15.7 Å². The fourth-order valence-corrected chi connectivity index (χ4v) is 6.20. The molecule has 222 valence electrons. The van der Waals surface area contributed by atoms with E-state index in [2.05, 4.69) is 5.32 Å². The maximum absolute atomic E-state index is 14.2. The van der Waals surface area contributed by atoms with E-state index in [1.165, 1.54) is 54.4 Å². The Morgan fingerprint density at radius 3 is 2.14 bits per heavy atom. The first kappa shape index (κ1) is 31.2. The van der Waals surface area contributed by atoms with Crippen molar-refractivity contribution in [3.63, 3.8) is 0 Å². The average Bonchev–Trinajstić information content (AvgIpc) is 3.02. The van der Waals surface area contributed by atoms with Crippen molar-refractivity contribution in [2.75, 3.05) is 17.9 Å². The number of halogens is 1. The van der Waals surface area contributed by atoms with E-state index in [0.29, 0.717) is 10.6 Å². The molecular weight excluding hydrogens is 592 g/mol. The molecule has 0 aliphatic rings. The molecule has 43 heavy (non-hydrogen) atoms. The zero-order chi connectivity index (χ0) is 31.0. The molecule has 0 aliphatic carbocycles. The number of nitrogens with one attached hydrogen (secondary N) is 1. The molecule has 0 bridgehead atoms. The van der Waals surface area contributed by atoms with Crippen molar-refractivity contribution in [1.82, 2.24) is 10.2 Å². The average molecular weight is 621 g/mol. The van der Waals surface area contributed by atoms with Crippen LogP contribution >= 0.6 is 11.6 Å². The van der Waals surface area contributed by atoms with Gasteiger partial charge in [-0.05, 0) is 41.5 Å². The SMILES string of the molecule is CNC(=O)C(Cc1ccccc1)N(Cc1cccc(Cl)c1)C(=O)CN(c1cccc([N+](=O)[O-])c1)S(=O)(=O)c1ccccc1. The highest BCUT2D eigenvalue weighted by molar-refractivity contribution is 7.92. The van der Waals surface area contributed by atoms with E-state index in [0.717, 1.165) is 15.9 Å². The summed E-state index contributed by atoms with van der Waals surface area (Å²) in [6, 6.07) is 27.4. The summed E-state index contributed by atoms with van der Waals surface area (Å²) >= 11 is 6.21. The molecule has 4 rings (SSSR count). The van der Waals surface area contributed by atoms with Crippen LogP contribution in [0.15, 0.2) is 114 Å². The number of nitrogens with zero attached hydrogens (tertiary/aromatic N) is 3. The molecule has 0 saturated heterocycles. The summed E-state index contributed by atoms with van der Waals surface area (Å²) in [5.41, 5.74) is 0.984. The number of benzene rings is 4. The van der Waals surface area contributed by atoms with Gasteiger partial charge in [0.1, 0.15) is 12.6 Å². The molecule has 0 heterocycles. The van der Waals surface area contributed by atoms with Gasteiger partial charge in [0.15, 0.2) is 0 Å². The molecule has 0 radical (unpaired) electrons. The van der Waals surface area contributed by atoms with Crippen molar-refractivity contribution < 1.29 is 22.9 Å². The van der Waals surface area contributed by atoms with Crippen LogP contribution in [0.4, 0.5) is 11.4 Å². The fourth-order valence-electron chi connectivity index (χ4n) is 4.56. The second-order valence-corrected chi connectivity index (χ2v) is 11.9. The van der Waals surface area contributed by atoms with Crippen molar-refractivity contribution in [3.05, 3.63) is 135 Å². The third-order valence-electron chi connectivity index (χ3n) is 6.70. The number of anilines is 1. The predicted octanol–water partition coefficient (Wildman–Crippen LogP) is 4.83. The Balaban J connectivity index is 1.81. The number of rotatable bonds is 12. The zero-order valence-electron chi connectivity index (χ0n) is 23.2. The normalized spacial score (nSPS) is 11.8. The lowest BCUT2D eigenvalue weighted by Crippen LogP contribution is -2.53. The van der Waals surface area contributed by atoms with Gasteiger partial charge in [-0.1, -0.05) is 78.3 Å². The molecular formula is C31H29ClN4O6S. The summed E-state index contributed by atoms with van der Waals surface area (Å²) in [6.07, 6.45) is 0.148. The highest BCUT2D eigenvalue weighted by Gasteiger charge is 2.34. The lowest BCUT2D eigenvalue weighted by Gasteiger charge is -2.33. The molecule has 4 aromatic carbocycles. The number of non-ortho nitro benzene ring substituents is 1. The van der Waals surface area contributed by atoms with E-state index in [9.17, 15) is 28.1 Å². The van der Waals surface area contributed by atoms with Gasteiger partial charge in [0.2, 0.25) is 11.8 Å². The van der Waals surface area contributed by atoms with Crippen LogP contribution in [0.3, 0.4) is 0 Å². The topological polar surface area (TPSA) is 130 Å². The van der Waals surface area contributed by atoms with E-state index in [4.69, 9.17) is 11.6 Å². The molecule has 0 spiro atoms. The lowest BCUT2D eigenvalue weighted by molar-refractivity contribution is -0.384. The minimum Gasteiger partial charge on any atom is -0.357 e. The fraction of sp³-hybridized carbons (Fsp3) is 0.161. The minimum atomic E-state index is -4.37. The molecule has 12 heteroatoms. The Bertz CT molecular complexity index is 1700. The smallest absolute Gasteiger partial charge is 0.271 e. The third-order valence-corrected chi connectivity index (χ3v) is 8.72.